The van der Waals surface area contributed by atoms with Gasteiger partial charge in [-0.2, -0.15) is 0 Å². The zero-order chi connectivity index (χ0) is 14.7. The van der Waals surface area contributed by atoms with Crippen LogP contribution in [-0.4, -0.2) is 5.97 Å². The van der Waals surface area contributed by atoms with Crippen LogP contribution in [-0.2, 0) is 9.53 Å². The third kappa shape index (κ3) is 2.85. The van der Waals surface area contributed by atoms with Crippen molar-refractivity contribution in [3.63, 3.8) is 0 Å². The zero-order valence-corrected chi connectivity index (χ0v) is 11.8. The minimum atomic E-state index is -0.498. The maximum atomic E-state index is 11.7. The summed E-state index contributed by atoms with van der Waals surface area (Å²) in [4.78, 5) is 22.7. The van der Waals surface area contributed by atoms with Crippen LogP contribution < -0.4 is 0 Å². The van der Waals surface area contributed by atoms with Crippen molar-refractivity contribution in [1.82, 2.24) is 0 Å². The summed E-state index contributed by atoms with van der Waals surface area (Å²) in [6.45, 7) is 5.29. The van der Waals surface area contributed by atoms with E-state index in [-0.39, 0.29) is 11.9 Å². The largest absolute Gasteiger partial charge is 0.457 e. The first-order valence-corrected chi connectivity index (χ1v) is 6.59. The Kier molecular flexibility index (Phi) is 4.13. The maximum Gasteiger partial charge on any atom is 0.308 e. The summed E-state index contributed by atoms with van der Waals surface area (Å²) in [7, 11) is 0. The molecule has 0 aromatic heterocycles. The van der Waals surface area contributed by atoms with Crippen LogP contribution in [0.15, 0.2) is 41.6 Å². The van der Waals surface area contributed by atoms with Crippen LogP contribution in [0.5, 0.6) is 0 Å². The molecule has 0 fully saturated rings. The Morgan fingerprint density at radius 1 is 1.10 bits per heavy atom. The molecule has 2 aromatic carbocycles. The van der Waals surface area contributed by atoms with E-state index in [9.17, 15) is 9.70 Å². The number of rotatable bonds is 4. The van der Waals surface area contributed by atoms with Gasteiger partial charge in [-0.15, -0.1) is 4.91 Å². The fraction of sp³-hybridized carbons (Fsp3) is 0.312. The average Bonchev–Trinajstić information content (AvgIpc) is 2.45. The van der Waals surface area contributed by atoms with Crippen molar-refractivity contribution in [3.05, 3.63) is 46.9 Å². The van der Waals surface area contributed by atoms with E-state index in [0.717, 1.165) is 10.8 Å². The van der Waals surface area contributed by atoms with Gasteiger partial charge in [-0.3, -0.25) is 4.79 Å². The Bertz CT molecular complexity index is 649. The lowest BCUT2D eigenvalue weighted by Crippen LogP contribution is -2.14. The van der Waals surface area contributed by atoms with E-state index in [1.165, 1.54) is 0 Å². The number of fused-ring (bicyclic) bond motifs is 1. The van der Waals surface area contributed by atoms with Crippen LogP contribution >= 0.6 is 0 Å². The summed E-state index contributed by atoms with van der Waals surface area (Å²) in [5.41, 5.74) is 0.945. The van der Waals surface area contributed by atoms with Crippen LogP contribution in [0.1, 0.15) is 32.4 Å². The molecule has 4 heteroatoms. The number of ether oxygens (including phenoxy) is 1. The Morgan fingerprint density at radius 2 is 1.70 bits per heavy atom. The van der Waals surface area contributed by atoms with Gasteiger partial charge in [0.2, 0.25) is 0 Å². The second kappa shape index (κ2) is 5.82. The summed E-state index contributed by atoms with van der Waals surface area (Å²) in [5.74, 6) is -0.493. The topological polar surface area (TPSA) is 55.7 Å². The number of nitrogens with zero attached hydrogens (tertiary/aromatic N) is 1. The van der Waals surface area contributed by atoms with Crippen molar-refractivity contribution >= 4 is 22.4 Å². The average molecular weight is 271 g/mol. The predicted molar refractivity (Wildman–Crippen MR) is 78.7 cm³/mol. The molecule has 0 radical (unpaired) electrons. The number of carbonyl (C=O) groups excluding carboxylic acids is 1. The Morgan fingerprint density at radius 3 is 2.25 bits per heavy atom. The molecule has 1 unspecified atom stereocenters. The minimum Gasteiger partial charge on any atom is -0.457 e. The van der Waals surface area contributed by atoms with E-state index < -0.39 is 6.10 Å². The van der Waals surface area contributed by atoms with Crippen LogP contribution in [0.3, 0.4) is 0 Å². The Hall–Kier alpha value is -2.23. The van der Waals surface area contributed by atoms with Gasteiger partial charge in [0.1, 0.15) is 11.8 Å². The number of hydrogen-bond donors (Lipinski definition) is 0. The fourth-order valence-corrected chi connectivity index (χ4v) is 2.02. The molecule has 104 valence electrons. The van der Waals surface area contributed by atoms with Gasteiger partial charge in [-0.25, -0.2) is 0 Å². The maximum absolute atomic E-state index is 11.7. The minimum absolute atomic E-state index is 0.203. The predicted octanol–water partition coefficient (Wildman–Crippen LogP) is 4.50. The number of carbonyl (C=O) groups is 1. The van der Waals surface area contributed by atoms with Gasteiger partial charge < -0.3 is 4.74 Å². The smallest absolute Gasteiger partial charge is 0.308 e. The Balaban J connectivity index is 2.41. The number of esters is 1. The van der Waals surface area contributed by atoms with Crippen LogP contribution in [0.2, 0.25) is 0 Å². The first-order chi connectivity index (χ1) is 9.52. The van der Waals surface area contributed by atoms with Crippen molar-refractivity contribution in [2.24, 2.45) is 11.1 Å². The van der Waals surface area contributed by atoms with Gasteiger partial charge in [-0.1, -0.05) is 38.1 Å². The van der Waals surface area contributed by atoms with Gasteiger partial charge in [-0.05, 0) is 35.0 Å². The second-order valence-corrected chi connectivity index (χ2v) is 5.08. The lowest BCUT2D eigenvalue weighted by Gasteiger charge is -2.17. The van der Waals surface area contributed by atoms with Crippen molar-refractivity contribution in [2.45, 2.75) is 26.9 Å². The monoisotopic (exact) mass is 271 g/mol. The molecule has 0 spiro atoms. The van der Waals surface area contributed by atoms with E-state index in [4.69, 9.17) is 4.74 Å². The van der Waals surface area contributed by atoms with E-state index in [1.54, 1.807) is 26.8 Å². The van der Waals surface area contributed by atoms with Crippen molar-refractivity contribution in [3.8, 4) is 0 Å². The number of nitroso groups, excluding NO2 is 1. The first kappa shape index (κ1) is 14.2. The quantitative estimate of drug-likeness (QED) is 0.607. The SMILES string of the molecule is CC(C)C(=O)OC(C)c1cc2ccccc2cc1N=O. The standard InChI is InChI=1S/C16H17NO3/c1-10(2)16(18)20-11(3)14-8-12-6-4-5-7-13(12)9-15(14)17-19/h4-11H,1-3H3. The molecule has 0 saturated carbocycles. The van der Waals surface area contributed by atoms with Crippen molar-refractivity contribution in [2.75, 3.05) is 0 Å². The highest BCUT2D eigenvalue weighted by Gasteiger charge is 2.18. The zero-order valence-electron chi connectivity index (χ0n) is 11.8. The highest BCUT2D eigenvalue weighted by Crippen LogP contribution is 2.32. The summed E-state index contributed by atoms with van der Waals surface area (Å²) in [6, 6.07) is 11.3. The molecule has 2 aromatic rings. The van der Waals surface area contributed by atoms with Gasteiger partial charge in [0.05, 0.1) is 5.92 Å². The molecule has 20 heavy (non-hydrogen) atoms. The van der Waals surface area contributed by atoms with Gasteiger partial charge in [0.25, 0.3) is 0 Å². The van der Waals surface area contributed by atoms with Crippen LogP contribution in [0.25, 0.3) is 10.8 Å². The number of hydrogen-bond acceptors (Lipinski definition) is 4. The van der Waals surface area contributed by atoms with Crippen LogP contribution in [0, 0.1) is 10.8 Å². The third-order valence-electron chi connectivity index (χ3n) is 3.20. The molecule has 0 heterocycles. The molecule has 4 nitrogen and oxygen atoms in total. The highest BCUT2D eigenvalue weighted by atomic mass is 16.5. The molecule has 0 aliphatic carbocycles. The van der Waals surface area contributed by atoms with Crippen LogP contribution in [0.4, 0.5) is 5.69 Å². The summed E-state index contributed by atoms with van der Waals surface area (Å²) in [5, 5.41) is 4.98. The first-order valence-electron chi connectivity index (χ1n) is 6.59. The second-order valence-electron chi connectivity index (χ2n) is 5.08. The molecule has 0 aliphatic heterocycles. The summed E-state index contributed by atoms with van der Waals surface area (Å²) < 4.78 is 5.35. The van der Waals surface area contributed by atoms with E-state index in [0.29, 0.717) is 11.3 Å². The molecular formula is C16H17NO3. The van der Waals surface area contributed by atoms with Gasteiger partial charge in [0.15, 0.2) is 0 Å². The lowest BCUT2D eigenvalue weighted by atomic mass is 10.0. The fourth-order valence-electron chi connectivity index (χ4n) is 2.02. The van der Waals surface area contributed by atoms with Gasteiger partial charge in [0, 0.05) is 5.56 Å². The Labute approximate surface area is 117 Å². The van der Waals surface area contributed by atoms with Crippen molar-refractivity contribution < 1.29 is 9.53 Å². The summed E-state index contributed by atoms with van der Waals surface area (Å²) in [6.07, 6.45) is -0.498. The van der Waals surface area contributed by atoms with E-state index in [1.807, 2.05) is 30.3 Å². The normalized spacial score (nSPS) is 12.4. The summed E-state index contributed by atoms with van der Waals surface area (Å²) >= 11 is 0. The van der Waals surface area contributed by atoms with Crippen molar-refractivity contribution in [1.29, 1.82) is 0 Å². The molecular weight excluding hydrogens is 254 g/mol. The van der Waals surface area contributed by atoms with E-state index in [2.05, 4.69) is 5.18 Å². The molecule has 2 rings (SSSR count). The molecule has 0 amide bonds. The third-order valence-corrected chi connectivity index (χ3v) is 3.20. The van der Waals surface area contributed by atoms with Gasteiger partial charge >= 0.3 is 5.97 Å². The van der Waals surface area contributed by atoms with E-state index >= 15 is 0 Å². The molecule has 0 aliphatic rings. The molecule has 1 atom stereocenters. The highest BCUT2D eigenvalue weighted by molar-refractivity contribution is 5.87. The number of benzene rings is 2. The molecule has 0 N–H and O–H groups in total. The lowest BCUT2D eigenvalue weighted by molar-refractivity contribution is -0.152. The molecule has 0 saturated heterocycles. The molecule has 0 bridgehead atoms.